The Morgan fingerprint density at radius 2 is 1.70 bits per heavy atom. The van der Waals surface area contributed by atoms with Crippen LogP contribution in [0.15, 0.2) is 24.3 Å². The van der Waals surface area contributed by atoms with E-state index in [1.165, 1.54) is 0 Å². The van der Waals surface area contributed by atoms with Gasteiger partial charge in [-0.05, 0) is 37.6 Å². The number of halogens is 4. The SMILES string of the molecule is Cc1nc(Cl)ccc1NC(C)c1ccc(Cl)c(Cl)c1Cl. The Labute approximate surface area is 138 Å². The third kappa shape index (κ3) is 3.32. The minimum absolute atomic E-state index is 0.0426. The summed E-state index contributed by atoms with van der Waals surface area (Å²) in [4.78, 5) is 4.20. The molecule has 0 saturated heterocycles. The van der Waals surface area contributed by atoms with Crippen LogP contribution < -0.4 is 5.32 Å². The molecular formula is C14H12Cl4N2. The summed E-state index contributed by atoms with van der Waals surface area (Å²) in [6.45, 7) is 3.87. The molecule has 1 heterocycles. The number of aromatic nitrogens is 1. The predicted molar refractivity (Wildman–Crippen MR) is 87.5 cm³/mol. The summed E-state index contributed by atoms with van der Waals surface area (Å²) in [6.07, 6.45) is 0. The van der Waals surface area contributed by atoms with Gasteiger partial charge in [-0.25, -0.2) is 4.98 Å². The van der Waals surface area contributed by atoms with Crippen molar-refractivity contribution in [1.29, 1.82) is 0 Å². The van der Waals surface area contributed by atoms with Crippen molar-refractivity contribution in [2.45, 2.75) is 19.9 Å². The summed E-state index contributed by atoms with van der Waals surface area (Å²) in [5, 5.41) is 5.06. The quantitative estimate of drug-likeness (QED) is 0.528. The number of nitrogens with one attached hydrogen (secondary N) is 1. The number of hydrogen-bond acceptors (Lipinski definition) is 2. The average molecular weight is 350 g/mol. The average Bonchev–Trinajstić information content (AvgIpc) is 2.39. The number of pyridine rings is 1. The smallest absolute Gasteiger partial charge is 0.129 e. The van der Waals surface area contributed by atoms with Crippen LogP contribution in [0.2, 0.25) is 20.2 Å². The first-order valence-electron chi connectivity index (χ1n) is 5.93. The predicted octanol–water partition coefficient (Wildman–Crippen LogP) is 6.18. The standard InChI is InChI=1S/C14H12Cl4N2/c1-7(9-3-4-10(15)14(18)13(9)17)19-11-5-6-12(16)20-8(11)2/h3-7,19H,1-2H3. The highest BCUT2D eigenvalue weighted by Crippen LogP contribution is 2.36. The van der Waals surface area contributed by atoms with E-state index >= 15 is 0 Å². The molecule has 6 heteroatoms. The fourth-order valence-electron chi connectivity index (χ4n) is 1.87. The molecule has 1 atom stereocenters. The molecule has 2 rings (SSSR count). The van der Waals surface area contributed by atoms with Gasteiger partial charge in [0.05, 0.1) is 32.5 Å². The third-order valence-corrected chi connectivity index (χ3v) is 4.47. The van der Waals surface area contributed by atoms with Crippen molar-refractivity contribution < 1.29 is 0 Å². The van der Waals surface area contributed by atoms with E-state index in [4.69, 9.17) is 46.4 Å². The molecule has 2 nitrogen and oxygen atoms in total. The fraction of sp³-hybridized carbons (Fsp3) is 0.214. The Bertz CT molecular complexity index is 643. The zero-order valence-electron chi connectivity index (χ0n) is 10.8. The van der Waals surface area contributed by atoms with E-state index in [9.17, 15) is 0 Å². The van der Waals surface area contributed by atoms with E-state index in [1.54, 1.807) is 12.1 Å². The molecule has 0 saturated carbocycles. The molecule has 1 unspecified atom stereocenters. The molecule has 0 radical (unpaired) electrons. The first kappa shape index (κ1) is 15.7. The van der Waals surface area contributed by atoms with Gasteiger partial charge in [0.25, 0.3) is 0 Å². The Kier molecular flexibility index (Phi) is 5.03. The van der Waals surface area contributed by atoms with Crippen molar-refractivity contribution in [1.82, 2.24) is 4.98 Å². The van der Waals surface area contributed by atoms with Crippen LogP contribution in [-0.2, 0) is 0 Å². The first-order chi connectivity index (χ1) is 9.40. The molecule has 0 aliphatic carbocycles. The van der Waals surface area contributed by atoms with Gasteiger partial charge in [0.2, 0.25) is 0 Å². The fourth-order valence-corrected chi connectivity index (χ4v) is 2.77. The molecule has 0 fully saturated rings. The van der Waals surface area contributed by atoms with Crippen molar-refractivity contribution >= 4 is 52.1 Å². The maximum absolute atomic E-state index is 6.23. The summed E-state index contributed by atoms with van der Waals surface area (Å²) in [5.74, 6) is 0. The molecule has 0 aliphatic rings. The lowest BCUT2D eigenvalue weighted by atomic mass is 10.1. The van der Waals surface area contributed by atoms with Gasteiger partial charge in [-0.3, -0.25) is 0 Å². The second-order valence-electron chi connectivity index (χ2n) is 4.40. The van der Waals surface area contributed by atoms with Gasteiger partial charge in [0, 0.05) is 0 Å². The second kappa shape index (κ2) is 6.40. The summed E-state index contributed by atoms with van der Waals surface area (Å²) in [5.41, 5.74) is 2.58. The molecule has 1 aromatic heterocycles. The monoisotopic (exact) mass is 348 g/mol. The lowest BCUT2D eigenvalue weighted by Gasteiger charge is -2.19. The van der Waals surface area contributed by atoms with E-state index in [0.717, 1.165) is 16.9 Å². The van der Waals surface area contributed by atoms with Crippen LogP contribution in [0.25, 0.3) is 0 Å². The number of rotatable bonds is 3. The van der Waals surface area contributed by atoms with Gasteiger partial charge in [0.1, 0.15) is 5.15 Å². The van der Waals surface area contributed by atoms with Crippen LogP contribution in [-0.4, -0.2) is 4.98 Å². The number of anilines is 1. The molecule has 1 aromatic carbocycles. The second-order valence-corrected chi connectivity index (χ2v) is 5.95. The van der Waals surface area contributed by atoms with Crippen LogP contribution in [0, 0.1) is 6.92 Å². The number of benzene rings is 1. The summed E-state index contributed by atoms with van der Waals surface area (Å²) in [6, 6.07) is 7.16. The number of hydrogen-bond donors (Lipinski definition) is 1. The van der Waals surface area contributed by atoms with Gasteiger partial charge >= 0.3 is 0 Å². The number of aryl methyl sites for hydroxylation is 1. The van der Waals surface area contributed by atoms with Crippen molar-refractivity contribution in [3.8, 4) is 0 Å². The topological polar surface area (TPSA) is 24.9 Å². The molecule has 0 spiro atoms. The van der Waals surface area contributed by atoms with Crippen LogP contribution in [0.5, 0.6) is 0 Å². The van der Waals surface area contributed by atoms with Crippen LogP contribution in [0.3, 0.4) is 0 Å². The van der Waals surface area contributed by atoms with E-state index < -0.39 is 0 Å². The molecule has 0 amide bonds. The van der Waals surface area contributed by atoms with Gasteiger partial charge in [-0.15, -0.1) is 0 Å². The molecule has 0 aliphatic heterocycles. The van der Waals surface area contributed by atoms with Crippen molar-refractivity contribution in [2.24, 2.45) is 0 Å². The Morgan fingerprint density at radius 1 is 1.00 bits per heavy atom. The number of nitrogens with zero attached hydrogens (tertiary/aromatic N) is 1. The van der Waals surface area contributed by atoms with E-state index in [-0.39, 0.29) is 6.04 Å². The molecule has 2 aromatic rings. The minimum Gasteiger partial charge on any atom is -0.377 e. The highest BCUT2D eigenvalue weighted by Gasteiger charge is 2.15. The van der Waals surface area contributed by atoms with Crippen molar-refractivity contribution in [3.05, 3.63) is 55.7 Å². The zero-order chi connectivity index (χ0) is 14.9. The van der Waals surface area contributed by atoms with Crippen LogP contribution in [0.1, 0.15) is 24.2 Å². The van der Waals surface area contributed by atoms with Crippen molar-refractivity contribution in [3.63, 3.8) is 0 Å². The molecule has 106 valence electrons. The first-order valence-corrected chi connectivity index (χ1v) is 7.44. The lowest BCUT2D eigenvalue weighted by molar-refractivity contribution is 0.879. The van der Waals surface area contributed by atoms with E-state index in [2.05, 4.69) is 10.3 Å². The van der Waals surface area contributed by atoms with Crippen molar-refractivity contribution in [2.75, 3.05) is 5.32 Å². The lowest BCUT2D eigenvalue weighted by Crippen LogP contribution is -2.09. The van der Waals surface area contributed by atoms with Gasteiger partial charge < -0.3 is 5.32 Å². The summed E-state index contributed by atoms with van der Waals surface area (Å²) < 4.78 is 0. The Balaban J connectivity index is 2.28. The van der Waals surface area contributed by atoms with Gasteiger partial charge in [-0.2, -0.15) is 0 Å². The van der Waals surface area contributed by atoms with Crippen LogP contribution in [0.4, 0.5) is 5.69 Å². The highest BCUT2D eigenvalue weighted by molar-refractivity contribution is 6.48. The molecule has 1 N–H and O–H groups in total. The third-order valence-electron chi connectivity index (χ3n) is 2.96. The zero-order valence-corrected chi connectivity index (χ0v) is 13.9. The maximum atomic E-state index is 6.23. The maximum Gasteiger partial charge on any atom is 0.129 e. The summed E-state index contributed by atoms with van der Waals surface area (Å²) >= 11 is 24.1. The van der Waals surface area contributed by atoms with E-state index in [0.29, 0.717) is 20.2 Å². The minimum atomic E-state index is -0.0426. The van der Waals surface area contributed by atoms with Gasteiger partial charge in [0.15, 0.2) is 0 Å². The van der Waals surface area contributed by atoms with Gasteiger partial charge in [-0.1, -0.05) is 52.5 Å². The normalized spacial score (nSPS) is 12.3. The Morgan fingerprint density at radius 3 is 2.35 bits per heavy atom. The molecule has 0 bridgehead atoms. The Hall–Kier alpha value is -0.670. The van der Waals surface area contributed by atoms with E-state index in [1.807, 2.05) is 26.0 Å². The molecular weight excluding hydrogens is 338 g/mol. The highest BCUT2D eigenvalue weighted by atomic mass is 35.5. The molecule has 20 heavy (non-hydrogen) atoms. The van der Waals surface area contributed by atoms with Crippen LogP contribution >= 0.6 is 46.4 Å². The largest absolute Gasteiger partial charge is 0.377 e. The summed E-state index contributed by atoms with van der Waals surface area (Å²) in [7, 11) is 0.